The third-order valence-corrected chi connectivity index (χ3v) is 5.44. The van der Waals surface area contributed by atoms with Crippen LogP contribution in [0.4, 0.5) is 11.5 Å². The van der Waals surface area contributed by atoms with E-state index in [4.69, 9.17) is 10.00 Å². The van der Waals surface area contributed by atoms with Crippen LogP contribution in [0.1, 0.15) is 15.9 Å². The van der Waals surface area contributed by atoms with Crippen molar-refractivity contribution < 1.29 is 9.53 Å². The summed E-state index contributed by atoms with van der Waals surface area (Å²) in [6.45, 7) is 2.29. The van der Waals surface area contributed by atoms with Crippen LogP contribution in [0.3, 0.4) is 0 Å². The summed E-state index contributed by atoms with van der Waals surface area (Å²) in [7, 11) is 1.92. The summed E-state index contributed by atoms with van der Waals surface area (Å²) in [4.78, 5) is 19.3. The fraction of sp³-hybridized carbons (Fsp3) is 0.250. The van der Waals surface area contributed by atoms with Crippen LogP contribution < -0.4 is 5.32 Å². The molecule has 9 heteroatoms. The van der Waals surface area contributed by atoms with Crippen molar-refractivity contribution in [3.8, 4) is 6.07 Å². The van der Waals surface area contributed by atoms with Crippen molar-refractivity contribution in [1.29, 1.82) is 5.26 Å². The Morgan fingerprint density at radius 3 is 2.76 bits per heavy atom. The summed E-state index contributed by atoms with van der Waals surface area (Å²) in [6.07, 6.45) is 3.55. The van der Waals surface area contributed by atoms with E-state index >= 15 is 0 Å². The van der Waals surface area contributed by atoms with Crippen LogP contribution >= 0.6 is 28.3 Å². The van der Waals surface area contributed by atoms with Gasteiger partial charge in [-0.2, -0.15) is 5.26 Å². The first-order valence-corrected chi connectivity index (χ1v) is 9.65. The molecule has 0 aliphatic carbocycles. The topological polar surface area (TPSA) is 83.2 Å². The molecule has 2 aromatic heterocycles. The molecule has 1 saturated heterocycles. The molecule has 1 aliphatic heterocycles. The lowest BCUT2D eigenvalue weighted by Gasteiger charge is -2.27. The lowest BCUT2D eigenvalue weighted by molar-refractivity contribution is 0.0303. The number of hydrogen-bond acceptors (Lipinski definition) is 5. The van der Waals surface area contributed by atoms with Crippen molar-refractivity contribution in [1.82, 2.24) is 14.5 Å². The van der Waals surface area contributed by atoms with Gasteiger partial charge in [0.2, 0.25) is 0 Å². The smallest absolute Gasteiger partial charge is 0.257 e. The molecule has 29 heavy (non-hydrogen) atoms. The van der Waals surface area contributed by atoms with Crippen molar-refractivity contribution in [2.75, 3.05) is 31.6 Å². The average Bonchev–Trinajstić information content (AvgIpc) is 3.11. The number of aromatic nitrogens is 2. The monoisotopic (exact) mass is 475 g/mol. The van der Waals surface area contributed by atoms with Gasteiger partial charge in [-0.1, -0.05) is 0 Å². The Hall–Kier alpha value is -2.60. The van der Waals surface area contributed by atoms with E-state index < -0.39 is 0 Å². The van der Waals surface area contributed by atoms with Gasteiger partial charge in [0.05, 0.1) is 29.9 Å². The summed E-state index contributed by atoms with van der Waals surface area (Å²) in [5, 5.41) is 13.2. The molecule has 1 aromatic carbocycles. The fourth-order valence-corrected chi connectivity index (χ4v) is 3.80. The van der Waals surface area contributed by atoms with Crippen molar-refractivity contribution in [2.45, 2.75) is 0 Å². The molecule has 0 spiro atoms. The van der Waals surface area contributed by atoms with Crippen LogP contribution in [0, 0.1) is 11.3 Å². The third kappa shape index (κ3) is 4.08. The van der Waals surface area contributed by atoms with Gasteiger partial charge in [-0.25, -0.2) is 4.98 Å². The second-order valence-electron chi connectivity index (χ2n) is 6.55. The van der Waals surface area contributed by atoms with Crippen molar-refractivity contribution >= 4 is 56.7 Å². The maximum atomic E-state index is 13.0. The molecule has 4 rings (SSSR count). The van der Waals surface area contributed by atoms with E-state index in [0.717, 1.165) is 16.6 Å². The maximum absolute atomic E-state index is 13.0. The van der Waals surface area contributed by atoms with Gasteiger partial charge in [0.1, 0.15) is 11.9 Å². The molecule has 0 atom stereocenters. The number of carbonyl (C=O) groups is 1. The summed E-state index contributed by atoms with van der Waals surface area (Å²) >= 11 is 3.40. The van der Waals surface area contributed by atoms with E-state index in [1.165, 1.54) is 0 Å². The number of hydrogen-bond donors (Lipinski definition) is 1. The number of pyridine rings is 1. The molecule has 1 N–H and O–H groups in total. The number of rotatable bonds is 3. The number of fused-ring (bicyclic) bond motifs is 1. The van der Waals surface area contributed by atoms with Gasteiger partial charge in [0.15, 0.2) is 0 Å². The Bertz CT molecular complexity index is 1100. The van der Waals surface area contributed by atoms with Crippen molar-refractivity contribution in [2.24, 2.45) is 7.05 Å². The second-order valence-corrected chi connectivity index (χ2v) is 7.40. The normalized spacial score (nSPS) is 13.6. The van der Waals surface area contributed by atoms with E-state index in [-0.39, 0.29) is 18.3 Å². The number of anilines is 2. The number of nitrogens with zero attached hydrogens (tertiary/aromatic N) is 4. The number of aryl methyl sites for hydroxylation is 1. The van der Waals surface area contributed by atoms with Gasteiger partial charge < -0.3 is 19.5 Å². The first-order valence-electron chi connectivity index (χ1n) is 8.86. The van der Waals surface area contributed by atoms with Gasteiger partial charge in [-0.05, 0) is 40.2 Å². The number of nitrogens with one attached hydrogen (secondary N) is 1. The molecule has 3 heterocycles. The Morgan fingerprint density at radius 1 is 1.31 bits per heavy atom. The summed E-state index contributed by atoms with van der Waals surface area (Å²) in [6, 6.07) is 9.47. The number of ether oxygens (including phenoxy) is 1. The third-order valence-electron chi connectivity index (χ3n) is 4.79. The van der Waals surface area contributed by atoms with Gasteiger partial charge >= 0.3 is 0 Å². The summed E-state index contributed by atoms with van der Waals surface area (Å²) in [5.74, 6) is 0.626. The Morgan fingerprint density at radius 2 is 2.07 bits per heavy atom. The molecular weight excluding hydrogens is 458 g/mol. The van der Waals surface area contributed by atoms with E-state index in [2.05, 4.69) is 32.3 Å². The molecule has 0 unspecified atom stereocenters. The number of amides is 1. The number of benzene rings is 1. The SMILES string of the molecule is Cl.Cn1ccc2c(Nc3ccc(C#N)c(Br)c3)ncc(C(=O)N3CCOCC3)c21. The quantitative estimate of drug-likeness (QED) is 0.621. The van der Waals surface area contributed by atoms with E-state index in [1.807, 2.05) is 36.0 Å². The first-order chi connectivity index (χ1) is 13.6. The van der Waals surface area contributed by atoms with Crippen LogP contribution in [-0.4, -0.2) is 46.7 Å². The molecule has 0 bridgehead atoms. The number of halogens is 2. The van der Waals surface area contributed by atoms with Crippen LogP contribution in [0.25, 0.3) is 10.9 Å². The lowest BCUT2D eigenvalue weighted by Crippen LogP contribution is -2.40. The lowest BCUT2D eigenvalue weighted by atomic mass is 10.1. The van der Waals surface area contributed by atoms with E-state index in [1.54, 1.807) is 17.2 Å². The molecule has 0 radical (unpaired) electrons. The molecular formula is C20H19BrClN5O2. The highest BCUT2D eigenvalue weighted by molar-refractivity contribution is 9.10. The van der Waals surface area contributed by atoms with Gasteiger partial charge in [0, 0.05) is 48.1 Å². The van der Waals surface area contributed by atoms with Crippen LogP contribution in [0.5, 0.6) is 0 Å². The molecule has 0 saturated carbocycles. The van der Waals surface area contributed by atoms with Crippen molar-refractivity contribution in [3.63, 3.8) is 0 Å². The minimum absolute atomic E-state index is 0. The van der Waals surface area contributed by atoms with Crippen LogP contribution in [0.2, 0.25) is 0 Å². The average molecular weight is 477 g/mol. The highest BCUT2D eigenvalue weighted by Crippen LogP contribution is 2.30. The maximum Gasteiger partial charge on any atom is 0.257 e. The molecule has 1 aliphatic rings. The molecule has 7 nitrogen and oxygen atoms in total. The zero-order valence-corrected chi connectivity index (χ0v) is 18.1. The zero-order valence-electron chi connectivity index (χ0n) is 15.7. The van der Waals surface area contributed by atoms with Gasteiger partial charge in [-0.3, -0.25) is 4.79 Å². The van der Waals surface area contributed by atoms with Crippen LogP contribution in [-0.2, 0) is 11.8 Å². The Balaban J connectivity index is 0.00000240. The standard InChI is InChI=1S/C20H18BrN5O2.ClH/c1-25-5-4-15-18(25)16(20(27)26-6-8-28-9-7-26)12-23-19(15)24-14-3-2-13(11-22)17(21)10-14;/h2-5,10,12H,6-9H2,1H3,(H,23,24);1H. The number of morpholine rings is 1. The largest absolute Gasteiger partial charge is 0.378 e. The second kappa shape index (κ2) is 8.82. The Kier molecular flexibility index (Phi) is 6.42. The summed E-state index contributed by atoms with van der Waals surface area (Å²) in [5.41, 5.74) is 2.78. The van der Waals surface area contributed by atoms with Gasteiger partial charge in [0.25, 0.3) is 5.91 Å². The molecule has 1 amide bonds. The predicted molar refractivity (Wildman–Crippen MR) is 117 cm³/mol. The molecule has 150 valence electrons. The highest BCUT2D eigenvalue weighted by atomic mass is 79.9. The molecule has 3 aromatic rings. The Labute approximate surface area is 182 Å². The predicted octanol–water partition coefficient (Wildman–Crippen LogP) is 3.85. The van der Waals surface area contributed by atoms with E-state index in [9.17, 15) is 4.79 Å². The van der Waals surface area contributed by atoms with Crippen molar-refractivity contribution in [3.05, 3.63) is 52.3 Å². The summed E-state index contributed by atoms with van der Waals surface area (Å²) < 4.78 is 7.99. The molecule has 1 fully saturated rings. The minimum atomic E-state index is -0.0322. The van der Waals surface area contributed by atoms with E-state index in [0.29, 0.717) is 47.7 Å². The van der Waals surface area contributed by atoms with Crippen LogP contribution in [0.15, 0.2) is 41.1 Å². The highest BCUT2D eigenvalue weighted by Gasteiger charge is 2.23. The van der Waals surface area contributed by atoms with Gasteiger partial charge in [-0.15, -0.1) is 12.4 Å². The number of nitriles is 1. The fourth-order valence-electron chi connectivity index (χ4n) is 3.33. The number of carbonyl (C=O) groups excluding carboxylic acids is 1. The minimum Gasteiger partial charge on any atom is -0.378 e. The zero-order chi connectivity index (χ0) is 19.7. The first kappa shape index (κ1) is 21.1.